The van der Waals surface area contributed by atoms with E-state index in [2.05, 4.69) is 18.9 Å². The molecule has 2 aliphatic rings. The zero-order valence-corrected chi connectivity index (χ0v) is 12.4. The van der Waals surface area contributed by atoms with Crippen molar-refractivity contribution in [1.82, 2.24) is 4.90 Å². The van der Waals surface area contributed by atoms with Gasteiger partial charge in [-0.15, -0.1) is 0 Å². The topological polar surface area (TPSA) is 46.3 Å². The van der Waals surface area contributed by atoms with Crippen LogP contribution >= 0.6 is 0 Å². The van der Waals surface area contributed by atoms with Gasteiger partial charge in [0.15, 0.2) is 5.78 Å². The average molecular weight is 272 g/mol. The molecule has 3 heteroatoms. The summed E-state index contributed by atoms with van der Waals surface area (Å²) in [6, 6.07) is 5.83. The van der Waals surface area contributed by atoms with Gasteiger partial charge in [-0.1, -0.05) is 6.92 Å². The monoisotopic (exact) mass is 272 g/mol. The second-order valence-corrected chi connectivity index (χ2v) is 6.45. The number of fused-ring (bicyclic) bond motifs is 1. The van der Waals surface area contributed by atoms with E-state index in [1.54, 1.807) is 0 Å². The number of rotatable bonds is 4. The van der Waals surface area contributed by atoms with Crippen molar-refractivity contribution in [2.75, 3.05) is 19.3 Å². The zero-order valence-electron chi connectivity index (χ0n) is 12.4. The summed E-state index contributed by atoms with van der Waals surface area (Å²) in [5.74, 6) is 1.56. The average Bonchev–Trinajstić information content (AvgIpc) is 3.23. The minimum Gasteiger partial charge on any atom is -0.399 e. The first-order chi connectivity index (χ1) is 9.60. The van der Waals surface area contributed by atoms with Crippen LogP contribution in [-0.4, -0.2) is 30.3 Å². The number of carbonyl (C=O) groups excluding carboxylic acids is 1. The minimum absolute atomic E-state index is 0.0525. The number of nitrogens with zero attached hydrogens (tertiary/aromatic N) is 1. The smallest absolute Gasteiger partial charge is 0.180 e. The van der Waals surface area contributed by atoms with Gasteiger partial charge in [0.2, 0.25) is 0 Å². The fourth-order valence-electron chi connectivity index (χ4n) is 3.43. The number of hydrogen-bond acceptors (Lipinski definition) is 3. The van der Waals surface area contributed by atoms with Crippen LogP contribution in [-0.2, 0) is 0 Å². The van der Waals surface area contributed by atoms with Crippen molar-refractivity contribution in [1.29, 1.82) is 0 Å². The first kappa shape index (κ1) is 13.6. The quantitative estimate of drug-likeness (QED) is 0.857. The molecule has 3 rings (SSSR count). The van der Waals surface area contributed by atoms with Crippen LogP contribution in [0, 0.1) is 5.92 Å². The molecule has 108 valence electrons. The second kappa shape index (κ2) is 5.21. The van der Waals surface area contributed by atoms with Gasteiger partial charge in [0.1, 0.15) is 0 Å². The van der Waals surface area contributed by atoms with Crippen molar-refractivity contribution >= 4 is 11.5 Å². The molecule has 0 heterocycles. The van der Waals surface area contributed by atoms with E-state index < -0.39 is 0 Å². The zero-order chi connectivity index (χ0) is 14.3. The number of hydrogen-bond donors (Lipinski definition) is 1. The highest BCUT2D eigenvalue weighted by Crippen LogP contribution is 2.38. The summed E-state index contributed by atoms with van der Waals surface area (Å²) in [7, 11) is 2.11. The molecule has 2 atom stereocenters. The Morgan fingerprint density at radius 1 is 1.35 bits per heavy atom. The van der Waals surface area contributed by atoms with Crippen LogP contribution in [0.15, 0.2) is 18.2 Å². The summed E-state index contributed by atoms with van der Waals surface area (Å²) in [6.45, 7) is 3.27. The molecule has 0 bridgehead atoms. The Morgan fingerprint density at radius 3 is 2.75 bits per heavy atom. The van der Waals surface area contributed by atoms with Gasteiger partial charge in [-0.2, -0.15) is 0 Å². The summed E-state index contributed by atoms with van der Waals surface area (Å²) in [4.78, 5) is 15.0. The number of carbonyl (C=O) groups is 1. The Labute approximate surface area is 121 Å². The standard InChI is InChI=1S/C17H24N2O/c1-3-12-8-16(19(2)10-11-4-5-11)17(20)14-7-6-13(18)9-15(12)14/h6-7,9,11-12,16H,3-5,8,10,18H2,1-2H3. The van der Waals surface area contributed by atoms with Gasteiger partial charge < -0.3 is 5.73 Å². The third-order valence-electron chi connectivity index (χ3n) is 4.86. The fraction of sp³-hybridized carbons (Fsp3) is 0.588. The molecule has 0 aromatic heterocycles. The van der Waals surface area contributed by atoms with E-state index >= 15 is 0 Å². The predicted octanol–water partition coefficient (Wildman–Crippen LogP) is 3.06. The van der Waals surface area contributed by atoms with Crippen LogP contribution in [0.1, 0.15) is 54.4 Å². The van der Waals surface area contributed by atoms with Crippen molar-refractivity contribution in [2.24, 2.45) is 5.92 Å². The van der Waals surface area contributed by atoms with Gasteiger partial charge in [0, 0.05) is 17.8 Å². The highest BCUT2D eigenvalue weighted by molar-refractivity contribution is 6.03. The SMILES string of the molecule is CCC1CC(N(C)CC2CC2)C(=O)c2ccc(N)cc21. The fourth-order valence-corrected chi connectivity index (χ4v) is 3.43. The van der Waals surface area contributed by atoms with Crippen LogP contribution < -0.4 is 5.73 Å². The lowest BCUT2D eigenvalue weighted by Crippen LogP contribution is -2.43. The van der Waals surface area contributed by atoms with Crippen molar-refractivity contribution < 1.29 is 4.79 Å². The Hall–Kier alpha value is -1.35. The van der Waals surface area contributed by atoms with Crippen LogP contribution in [0.2, 0.25) is 0 Å². The van der Waals surface area contributed by atoms with Crippen LogP contribution in [0.25, 0.3) is 0 Å². The Bertz CT molecular complexity index is 522. The Kier molecular flexibility index (Phi) is 3.55. The van der Waals surface area contributed by atoms with E-state index in [1.165, 1.54) is 12.8 Å². The van der Waals surface area contributed by atoms with Gasteiger partial charge in [-0.3, -0.25) is 9.69 Å². The molecule has 1 fully saturated rings. The van der Waals surface area contributed by atoms with Gasteiger partial charge in [0.25, 0.3) is 0 Å². The van der Waals surface area contributed by atoms with Gasteiger partial charge >= 0.3 is 0 Å². The summed E-state index contributed by atoms with van der Waals surface area (Å²) < 4.78 is 0. The van der Waals surface area contributed by atoms with Crippen molar-refractivity contribution in [3.8, 4) is 0 Å². The molecule has 20 heavy (non-hydrogen) atoms. The third-order valence-corrected chi connectivity index (χ3v) is 4.86. The maximum atomic E-state index is 12.8. The molecule has 3 nitrogen and oxygen atoms in total. The number of Topliss-reactive ketones (excluding diaryl/α,β-unsaturated/α-hetero) is 1. The molecule has 0 radical (unpaired) electrons. The van der Waals surface area contributed by atoms with Crippen molar-refractivity contribution in [2.45, 2.75) is 44.6 Å². The first-order valence-corrected chi connectivity index (χ1v) is 7.74. The predicted molar refractivity (Wildman–Crippen MR) is 82.0 cm³/mol. The molecule has 0 amide bonds. The van der Waals surface area contributed by atoms with E-state index in [4.69, 9.17) is 5.73 Å². The number of benzene rings is 1. The second-order valence-electron chi connectivity index (χ2n) is 6.45. The van der Waals surface area contributed by atoms with Gasteiger partial charge in [-0.05, 0) is 68.3 Å². The largest absolute Gasteiger partial charge is 0.399 e. The maximum Gasteiger partial charge on any atom is 0.180 e. The lowest BCUT2D eigenvalue weighted by Gasteiger charge is -2.35. The molecule has 1 aromatic carbocycles. The normalized spacial score (nSPS) is 25.9. The summed E-state index contributed by atoms with van der Waals surface area (Å²) >= 11 is 0. The molecule has 2 aliphatic carbocycles. The van der Waals surface area contributed by atoms with Crippen LogP contribution in [0.4, 0.5) is 5.69 Å². The third kappa shape index (κ3) is 2.47. The van der Waals surface area contributed by atoms with E-state index in [9.17, 15) is 4.79 Å². The molecule has 0 aliphatic heterocycles. The molecule has 0 saturated heterocycles. The van der Waals surface area contributed by atoms with E-state index in [1.807, 2.05) is 18.2 Å². The molecule has 1 saturated carbocycles. The number of nitrogens with two attached hydrogens (primary N) is 1. The summed E-state index contributed by atoms with van der Waals surface area (Å²) in [5.41, 5.74) is 8.71. The molecule has 2 N–H and O–H groups in total. The summed E-state index contributed by atoms with van der Waals surface area (Å²) in [6.07, 6.45) is 4.66. The lowest BCUT2D eigenvalue weighted by atomic mass is 9.77. The number of nitrogen functional groups attached to an aromatic ring is 1. The molecule has 1 aromatic rings. The molecule has 2 unspecified atom stereocenters. The first-order valence-electron chi connectivity index (χ1n) is 7.74. The van der Waals surface area contributed by atoms with Crippen LogP contribution in [0.3, 0.4) is 0 Å². The van der Waals surface area contributed by atoms with Crippen LogP contribution in [0.5, 0.6) is 0 Å². The van der Waals surface area contributed by atoms with E-state index in [-0.39, 0.29) is 11.8 Å². The number of anilines is 1. The van der Waals surface area contributed by atoms with Crippen molar-refractivity contribution in [3.05, 3.63) is 29.3 Å². The molecular weight excluding hydrogens is 248 g/mol. The van der Waals surface area contributed by atoms with Crippen molar-refractivity contribution in [3.63, 3.8) is 0 Å². The molecular formula is C17H24N2O. The van der Waals surface area contributed by atoms with E-state index in [0.29, 0.717) is 5.92 Å². The molecule has 0 spiro atoms. The summed E-state index contributed by atoms with van der Waals surface area (Å²) in [5, 5.41) is 0. The lowest BCUT2D eigenvalue weighted by molar-refractivity contribution is 0.0805. The Morgan fingerprint density at radius 2 is 2.10 bits per heavy atom. The van der Waals surface area contributed by atoms with Gasteiger partial charge in [-0.25, -0.2) is 0 Å². The van der Waals surface area contributed by atoms with E-state index in [0.717, 1.165) is 42.1 Å². The highest BCUT2D eigenvalue weighted by Gasteiger charge is 2.36. The maximum absolute atomic E-state index is 12.8. The Balaban J connectivity index is 1.88. The minimum atomic E-state index is 0.0525. The number of ketones is 1. The van der Waals surface area contributed by atoms with Gasteiger partial charge in [0.05, 0.1) is 6.04 Å². The highest BCUT2D eigenvalue weighted by atomic mass is 16.1. The number of likely N-dealkylation sites (N-methyl/N-ethyl adjacent to an activating group) is 1.